The maximum absolute atomic E-state index is 12.9. The molecule has 0 aliphatic heterocycles. The summed E-state index contributed by atoms with van der Waals surface area (Å²) in [5, 5.41) is 0.276. The van der Waals surface area contributed by atoms with E-state index in [1.807, 2.05) is 6.92 Å². The van der Waals surface area contributed by atoms with Gasteiger partial charge in [-0.3, -0.25) is 4.79 Å². The van der Waals surface area contributed by atoms with Gasteiger partial charge in [-0.15, -0.1) is 0 Å². The van der Waals surface area contributed by atoms with Gasteiger partial charge in [0.2, 0.25) is 5.43 Å². The fraction of sp³-hybridized carbons (Fsp3) is 0.250. The van der Waals surface area contributed by atoms with Crippen molar-refractivity contribution in [3.63, 3.8) is 0 Å². The Balaban J connectivity index is 2.90. The van der Waals surface area contributed by atoms with Crippen molar-refractivity contribution in [3.05, 3.63) is 62.7 Å². The van der Waals surface area contributed by atoms with E-state index < -0.39 is 17.2 Å². The average molecular weight is 364 g/mol. The minimum atomic E-state index is -4.51. The summed E-state index contributed by atoms with van der Waals surface area (Å²) in [5.74, 6) is 0.409. The van der Waals surface area contributed by atoms with Crippen LogP contribution in [0.15, 0.2) is 39.3 Å². The minimum absolute atomic E-state index is 0.0172. The first kappa shape index (κ1) is 19.6. The number of methoxy groups -OCH3 is 1. The second-order valence-electron chi connectivity index (χ2n) is 5.87. The van der Waals surface area contributed by atoms with Crippen molar-refractivity contribution in [2.24, 2.45) is 0 Å². The molecule has 0 aliphatic rings. The Morgan fingerprint density at radius 2 is 1.85 bits per heavy atom. The molecular weight excluding hydrogens is 345 g/mol. The van der Waals surface area contributed by atoms with Crippen molar-refractivity contribution in [2.45, 2.75) is 26.9 Å². The van der Waals surface area contributed by atoms with Crippen LogP contribution in [0.2, 0.25) is 0 Å². The van der Waals surface area contributed by atoms with E-state index >= 15 is 0 Å². The van der Waals surface area contributed by atoms with Gasteiger partial charge < -0.3 is 9.15 Å². The molecule has 1 aromatic carbocycles. The molecule has 0 spiro atoms. The summed E-state index contributed by atoms with van der Waals surface area (Å²) in [4.78, 5) is 12.9. The van der Waals surface area contributed by atoms with Crippen LogP contribution in [-0.2, 0) is 4.74 Å². The third-order valence-corrected chi connectivity index (χ3v) is 4.05. The number of alkyl halides is 3. The smallest absolute Gasteiger partial charge is 0.412 e. The number of hydrogen-bond donors (Lipinski definition) is 0. The lowest BCUT2D eigenvalue weighted by atomic mass is 9.99. The van der Waals surface area contributed by atoms with E-state index in [2.05, 4.69) is 6.58 Å². The van der Waals surface area contributed by atoms with Crippen molar-refractivity contribution in [2.75, 3.05) is 7.11 Å². The Bertz CT molecular complexity index is 976. The molecule has 2 aromatic rings. The zero-order chi connectivity index (χ0) is 19.6. The molecule has 0 saturated carbocycles. The van der Waals surface area contributed by atoms with E-state index in [0.717, 1.165) is 18.6 Å². The summed E-state index contributed by atoms with van der Waals surface area (Å²) in [7, 11) is 1.51. The van der Waals surface area contributed by atoms with Crippen LogP contribution >= 0.6 is 0 Å². The lowest BCUT2D eigenvalue weighted by Gasteiger charge is -2.11. The Morgan fingerprint density at radius 3 is 2.38 bits per heavy atom. The summed E-state index contributed by atoms with van der Waals surface area (Å²) in [6.07, 6.45) is -0.798. The maximum Gasteiger partial charge on any atom is 0.412 e. The number of ether oxygens (including phenoxy) is 1. The zero-order valence-corrected chi connectivity index (χ0v) is 15.0. The van der Waals surface area contributed by atoms with E-state index in [-0.39, 0.29) is 22.3 Å². The SMILES string of the molecule is C=Cc1c(/C=C(\C)C(F)(F)F)oc2ccc(C)c(/C=C(\C)OC)c2c1=O. The van der Waals surface area contributed by atoms with Crippen LogP contribution in [0.5, 0.6) is 0 Å². The molecule has 26 heavy (non-hydrogen) atoms. The Morgan fingerprint density at radius 1 is 1.19 bits per heavy atom. The van der Waals surface area contributed by atoms with Gasteiger partial charge in [0.1, 0.15) is 11.3 Å². The minimum Gasteiger partial charge on any atom is -0.501 e. The van der Waals surface area contributed by atoms with E-state index in [9.17, 15) is 18.0 Å². The number of benzene rings is 1. The largest absolute Gasteiger partial charge is 0.501 e. The number of allylic oxidation sites excluding steroid dienone is 2. The first-order valence-electron chi connectivity index (χ1n) is 7.80. The third kappa shape index (κ3) is 3.74. The Labute approximate surface area is 149 Å². The van der Waals surface area contributed by atoms with Crippen LogP contribution in [0.25, 0.3) is 29.2 Å². The second kappa shape index (κ2) is 7.23. The molecule has 0 bridgehead atoms. The first-order valence-corrected chi connectivity index (χ1v) is 7.80. The molecule has 1 heterocycles. The highest BCUT2D eigenvalue weighted by Gasteiger charge is 2.30. The summed E-state index contributed by atoms with van der Waals surface area (Å²) >= 11 is 0. The predicted octanol–water partition coefficient (Wildman–Crippen LogP) is 5.72. The molecule has 138 valence electrons. The highest BCUT2D eigenvalue weighted by Crippen LogP contribution is 2.30. The van der Waals surface area contributed by atoms with Gasteiger partial charge in [0.25, 0.3) is 0 Å². The highest BCUT2D eigenvalue weighted by atomic mass is 19.4. The van der Waals surface area contributed by atoms with E-state index in [0.29, 0.717) is 11.3 Å². The van der Waals surface area contributed by atoms with E-state index in [4.69, 9.17) is 9.15 Å². The lowest BCUT2D eigenvalue weighted by molar-refractivity contribution is -0.0904. The van der Waals surface area contributed by atoms with Gasteiger partial charge >= 0.3 is 6.18 Å². The van der Waals surface area contributed by atoms with Crippen LogP contribution in [0.3, 0.4) is 0 Å². The molecule has 0 aliphatic carbocycles. The fourth-order valence-corrected chi connectivity index (χ4v) is 2.47. The number of hydrogen-bond acceptors (Lipinski definition) is 3. The van der Waals surface area contributed by atoms with Gasteiger partial charge in [-0.05, 0) is 50.1 Å². The third-order valence-electron chi connectivity index (χ3n) is 4.05. The fourth-order valence-electron chi connectivity index (χ4n) is 2.47. The van der Waals surface area contributed by atoms with E-state index in [1.165, 1.54) is 13.2 Å². The molecule has 0 radical (unpaired) electrons. The van der Waals surface area contributed by atoms with Crippen molar-refractivity contribution >= 4 is 29.2 Å². The summed E-state index contributed by atoms with van der Waals surface area (Å²) in [6, 6.07) is 3.30. The summed E-state index contributed by atoms with van der Waals surface area (Å²) in [6.45, 7) is 8.02. The standard InChI is InChI=1S/C20H19F3O3/c1-6-14-17(9-12(3)20(21,22)23)26-16-8-7-11(2)15(10-13(4)25-5)18(16)19(14)24/h6-10H,1H2,2-5H3/b12-9+,13-10+. The quantitative estimate of drug-likeness (QED) is 0.652. The van der Waals surface area contributed by atoms with Crippen molar-refractivity contribution in [1.82, 2.24) is 0 Å². The van der Waals surface area contributed by atoms with Crippen LogP contribution in [-0.4, -0.2) is 13.3 Å². The monoisotopic (exact) mass is 364 g/mol. The lowest BCUT2D eigenvalue weighted by Crippen LogP contribution is -2.12. The molecular formula is C20H19F3O3. The number of halogens is 3. The number of aryl methyl sites for hydroxylation is 1. The van der Waals surface area contributed by atoms with Gasteiger partial charge in [0.05, 0.1) is 23.8 Å². The topological polar surface area (TPSA) is 39.4 Å². The first-order chi connectivity index (χ1) is 12.1. The van der Waals surface area contributed by atoms with Gasteiger partial charge in [0.15, 0.2) is 0 Å². The molecule has 0 unspecified atom stereocenters. The normalized spacial score (nSPS) is 13.2. The molecule has 2 rings (SSSR count). The van der Waals surface area contributed by atoms with Crippen molar-refractivity contribution in [3.8, 4) is 0 Å². The molecule has 0 atom stereocenters. The van der Waals surface area contributed by atoms with Crippen LogP contribution < -0.4 is 5.43 Å². The van der Waals surface area contributed by atoms with Crippen LogP contribution in [0.1, 0.15) is 36.3 Å². The van der Waals surface area contributed by atoms with Gasteiger partial charge in [-0.25, -0.2) is 0 Å². The summed E-state index contributed by atoms with van der Waals surface area (Å²) in [5.41, 5.74) is 0.277. The second-order valence-corrected chi connectivity index (χ2v) is 5.87. The van der Waals surface area contributed by atoms with Gasteiger partial charge in [-0.2, -0.15) is 13.2 Å². The van der Waals surface area contributed by atoms with Crippen molar-refractivity contribution in [1.29, 1.82) is 0 Å². The van der Waals surface area contributed by atoms with Crippen molar-refractivity contribution < 1.29 is 22.3 Å². The van der Waals surface area contributed by atoms with Crippen LogP contribution in [0.4, 0.5) is 13.2 Å². The molecule has 1 aromatic heterocycles. The number of fused-ring (bicyclic) bond motifs is 1. The molecule has 0 N–H and O–H groups in total. The number of rotatable bonds is 4. The maximum atomic E-state index is 12.9. The van der Waals surface area contributed by atoms with Crippen LogP contribution in [0, 0.1) is 6.92 Å². The molecule has 6 heteroatoms. The highest BCUT2D eigenvalue weighted by molar-refractivity contribution is 5.90. The molecule has 0 saturated heterocycles. The van der Waals surface area contributed by atoms with Gasteiger partial charge in [-0.1, -0.05) is 18.7 Å². The van der Waals surface area contributed by atoms with E-state index in [1.54, 1.807) is 25.1 Å². The summed E-state index contributed by atoms with van der Waals surface area (Å²) < 4.78 is 49.3. The van der Waals surface area contributed by atoms with Gasteiger partial charge in [0, 0.05) is 5.57 Å². The predicted molar refractivity (Wildman–Crippen MR) is 97.7 cm³/mol. The molecule has 0 fully saturated rings. The molecule has 0 amide bonds. The Kier molecular flexibility index (Phi) is 5.44. The molecule has 3 nitrogen and oxygen atoms in total. The Hall–Kier alpha value is -2.76. The zero-order valence-electron chi connectivity index (χ0n) is 15.0. The average Bonchev–Trinajstić information content (AvgIpc) is 2.56.